The molecular weight excluding hydrogens is 326 g/mol. The van der Waals surface area contributed by atoms with Crippen LogP contribution in [-0.4, -0.2) is 23.3 Å². The van der Waals surface area contributed by atoms with Gasteiger partial charge in [0.05, 0.1) is 12.1 Å². The smallest absolute Gasteiger partial charge is 0.360 e. The van der Waals surface area contributed by atoms with E-state index in [0.29, 0.717) is 11.0 Å². The summed E-state index contributed by atoms with van der Waals surface area (Å²) >= 11 is 0. The number of pyridine rings is 1. The average Bonchev–Trinajstić information content (AvgIpc) is 2.61. The second-order valence-electron chi connectivity index (χ2n) is 5.16. The van der Waals surface area contributed by atoms with Gasteiger partial charge >= 0.3 is 5.63 Å². The predicted octanol–water partition coefficient (Wildman–Crippen LogP) is 0.850. The Hall–Kier alpha value is -3.68. The molecule has 2 aromatic heterocycles. The third-order valence-electron chi connectivity index (χ3n) is 3.37. The average molecular weight is 339 g/mol. The molecule has 0 aliphatic rings. The molecule has 126 valence electrons. The topological polar surface area (TPSA) is 121 Å². The van der Waals surface area contributed by atoms with Crippen LogP contribution in [0.3, 0.4) is 0 Å². The van der Waals surface area contributed by atoms with Gasteiger partial charge in [-0.05, 0) is 18.2 Å². The van der Waals surface area contributed by atoms with Crippen LogP contribution in [0, 0.1) is 0 Å². The van der Waals surface area contributed by atoms with Gasteiger partial charge in [-0.2, -0.15) is 0 Å². The molecule has 0 aliphatic carbocycles. The van der Waals surface area contributed by atoms with Crippen LogP contribution in [0.25, 0.3) is 11.0 Å². The second-order valence-corrected chi connectivity index (χ2v) is 5.16. The number of aromatic nitrogens is 1. The van der Waals surface area contributed by atoms with Crippen molar-refractivity contribution < 1.29 is 14.0 Å². The van der Waals surface area contributed by atoms with Gasteiger partial charge in [-0.3, -0.25) is 14.4 Å². The third-order valence-corrected chi connectivity index (χ3v) is 3.37. The van der Waals surface area contributed by atoms with Gasteiger partial charge in [0.25, 0.3) is 5.91 Å². The predicted molar refractivity (Wildman–Crippen MR) is 90.5 cm³/mol. The molecule has 0 atom stereocenters. The Morgan fingerprint density at radius 3 is 2.64 bits per heavy atom. The Morgan fingerprint density at radius 2 is 1.88 bits per heavy atom. The highest BCUT2D eigenvalue weighted by Crippen LogP contribution is 2.14. The summed E-state index contributed by atoms with van der Waals surface area (Å²) < 4.78 is 5.11. The van der Waals surface area contributed by atoms with Crippen LogP contribution in [0.15, 0.2) is 62.7 Å². The number of rotatable bonds is 4. The van der Waals surface area contributed by atoms with Crippen LogP contribution in [0.4, 0.5) is 5.69 Å². The number of H-pyrrole nitrogens is 1. The fraction of sp³-hybridized carbons (Fsp3) is 0.0588. The molecule has 3 N–H and O–H groups in total. The first-order valence-corrected chi connectivity index (χ1v) is 7.32. The molecule has 0 radical (unpaired) electrons. The number of benzene rings is 1. The number of nitrogens with one attached hydrogen (secondary N) is 3. The molecule has 2 amide bonds. The molecule has 0 saturated carbocycles. The first kappa shape index (κ1) is 16.2. The van der Waals surface area contributed by atoms with Gasteiger partial charge in [0, 0.05) is 17.6 Å². The van der Waals surface area contributed by atoms with E-state index >= 15 is 0 Å². The molecule has 8 heteroatoms. The molecular formula is C17H13N3O5. The van der Waals surface area contributed by atoms with E-state index in [2.05, 4.69) is 15.6 Å². The van der Waals surface area contributed by atoms with Gasteiger partial charge in [-0.1, -0.05) is 18.2 Å². The van der Waals surface area contributed by atoms with Crippen LogP contribution >= 0.6 is 0 Å². The molecule has 2 heterocycles. The summed E-state index contributed by atoms with van der Waals surface area (Å²) in [6, 6.07) is 10.9. The van der Waals surface area contributed by atoms with Crippen molar-refractivity contribution in [2.24, 2.45) is 0 Å². The Labute approximate surface area is 140 Å². The van der Waals surface area contributed by atoms with Gasteiger partial charge in [0.15, 0.2) is 0 Å². The van der Waals surface area contributed by atoms with Crippen molar-refractivity contribution in [1.29, 1.82) is 0 Å². The fourth-order valence-corrected chi connectivity index (χ4v) is 2.16. The number of hydrogen-bond donors (Lipinski definition) is 3. The largest absolute Gasteiger partial charge is 0.421 e. The van der Waals surface area contributed by atoms with E-state index in [1.165, 1.54) is 24.4 Å². The minimum atomic E-state index is -0.681. The van der Waals surface area contributed by atoms with E-state index in [0.717, 1.165) is 0 Å². The first-order chi connectivity index (χ1) is 12.0. The normalized spacial score (nSPS) is 10.4. The standard InChI is InChI=1S/C17H13N3O5/c21-14-6-5-11(8-18-14)16(23)19-9-15(22)20-12-7-10-3-1-2-4-13(10)25-17(12)24/h1-8H,9H2,(H,18,21)(H,19,23)(H,20,22). The lowest BCUT2D eigenvalue weighted by Gasteiger charge is -2.07. The van der Waals surface area contributed by atoms with Crippen molar-refractivity contribution in [1.82, 2.24) is 10.3 Å². The summed E-state index contributed by atoms with van der Waals surface area (Å²) in [6.07, 6.45) is 1.24. The van der Waals surface area contributed by atoms with Crippen LogP contribution in [-0.2, 0) is 4.79 Å². The van der Waals surface area contributed by atoms with Crippen molar-refractivity contribution in [3.8, 4) is 0 Å². The molecule has 0 spiro atoms. The van der Waals surface area contributed by atoms with Gasteiger partial charge in [-0.15, -0.1) is 0 Å². The van der Waals surface area contributed by atoms with Gasteiger partial charge < -0.3 is 20.0 Å². The Balaban J connectivity index is 1.65. The molecule has 8 nitrogen and oxygen atoms in total. The molecule has 0 bridgehead atoms. The highest BCUT2D eigenvalue weighted by atomic mass is 16.4. The summed E-state index contributed by atoms with van der Waals surface area (Å²) in [6.45, 7) is -0.343. The summed E-state index contributed by atoms with van der Waals surface area (Å²) in [7, 11) is 0. The monoisotopic (exact) mass is 339 g/mol. The van der Waals surface area contributed by atoms with Gasteiger partial charge in [0.2, 0.25) is 11.5 Å². The maximum absolute atomic E-state index is 11.9. The van der Waals surface area contributed by atoms with E-state index in [4.69, 9.17) is 4.42 Å². The minimum absolute atomic E-state index is 0.0120. The zero-order valence-electron chi connectivity index (χ0n) is 12.9. The number of fused-ring (bicyclic) bond motifs is 1. The SMILES string of the molecule is O=C(CNC(=O)c1ccc(=O)[nH]c1)Nc1cc2ccccc2oc1=O. The third kappa shape index (κ3) is 3.81. The zero-order chi connectivity index (χ0) is 17.8. The molecule has 3 aromatic rings. The van der Waals surface area contributed by atoms with Crippen LogP contribution in [0.5, 0.6) is 0 Å². The maximum atomic E-state index is 11.9. The first-order valence-electron chi connectivity index (χ1n) is 7.32. The maximum Gasteiger partial charge on any atom is 0.360 e. The Morgan fingerprint density at radius 1 is 1.08 bits per heavy atom. The van der Waals surface area contributed by atoms with Crippen molar-refractivity contribution >= 4 is 28.5 Å². The lowest BCUT2D eigenvalue weighted by molar-refractivity contribution is -0.115. The Bertz CT molecular complexity index is 1050. The number of aromatic amines is 1. The number of carbonyl (C=O) groups is 2. The van der Waals surface area contributed by atoms with Gasteiger partial charge in [-0.25, -0.2) is 4.79 Å². The quantitative estimate of drug-likeness (QED) is 0.608. The molecule has 0 unspecified atom stereocenters. The van der Waals surface area contributed by atoms with E-state index in [9.17, 15) is 19.2 Å². The van der Waals surface area contributed by atoms with Crippen molar-refractivity contribution in [2.45, 2.75) is 0 Å². The van der Waals surface area contributed by atoms with Crippen LogP contribution in [0.1, 0.15) is 10.4 Å². The zero-order valence-corrected chi connectivity index (χ0v) is 12.9. The Kier molecular flexibility index (Phi) is 4.42. The van der Waals surface area contributed by atoms with E-state index in [1.54, 1.807) is 24.3 Å². The molecule has 1 aromatic carbocycles. The molecule has 3 rings (SSSR count). The van der Waals surface area contributed by atoms with E-state index < -0.39 is 17.4 Å². The summed E-state index contributed by atoms with van der Waals surface area (Å²) in [5.41, 5.74) is -0.409. The second kappa shape index (κ2) is 6.83. The number of amides is 2. The van der Waals surface area contributed by atoms with Crippen LogP contribution < -0.4 is 21.8 Å². The fourth-order valence-electron chi connectivity index (χ4n) is 2.16. The molecule has 0 fully saturated rings. The highest BCUT2D eigenvalue weighted by molar-refractivity contribution is 5.99. The van der Waals surface area contributed by atoms with Gasteiger partial charge in [0.1, 0.15) is 11.3 Å². The van der Waals surface area contributed by atoms with Crippen molar-refractivity contribution in [2.75, 3.05) is 11.9 Å². The molecule has 0 saturated heterocycles. The lowest BCUT2D eigenvalue weighted by atomic mass is 10.2. The van der Waals surface area contributed by atoms with Crippen LogP contribution in [0.2, 0.25) is 0 Å². The molecule has 25 heavy (non-hydrogen) atoms. The number of para-hydroxylation sites is 1. The highest BCUT2D eigenvalue weighted by Gasteiger charge is 2.11. The molecule has 0 aliphatic heterocycles. The summed E-state index contributed by atoms with van der Waals surface area (Å²) in [4.78, 5) is 49.0. The van der Waals surface area contributed by atoms with E-state index in [-0.39, 0.29) is 23.4 Å². The van der Waals surface area contributed by atoms with Crippen molar-refractivity contribution in [3.05, 3.63) is 75.0 Å². The lowest BCUT2D eigenvalue weighted by Crippen LogP contribution is -2.34. The number of anilines is 1. The minimum Gasteiger partial charge on any atom is -0.421 e. The van der Waals surface area contributed by atoms with E-state index in [1.807, 2.05) is 0 Å². The summed E-state index contributed by atoms with van der Waals surface area (Å²) in [5, 5.41) is 5.45. The number of carbonyl (C=O) groups excluding carboxylic acids is 2. The number of hydrogen-bond acceptors (Lipinski definition) is 5. The van der Waals surface area contributed by atoms with Crippen molar-refractivity contribution in [3.63, 3.8) is 0 Å². The summed E-state index contributed by atoms with van der Waals surface area (Å²) in [5.74, 6) is -1.11.